The molecule has 2 rings (SSSR count). The van der Waals surface area contributed by atoms with Crippen molar-refractivity contribution >= 4 is 5.97 Å². The predicted octanol–water partition coefficient (Wildman–Crippen LogP) is 2.79. The molecule has 1 heterocycles. The SMILES string of the molecule is CCCc1ncc(C(=O)O)c(-c2ccccc2)n1. The lowest BCUT2D eigenvalue weighted by molar-refractivity contribution is 0.0697. The molecule has 0 aliphatic heterocycles. The summed E-state index contributed by atoms with van der Waals surface area (Å²) in [4.78, 5) is 19.6. The normalized spacial score (nSPS) is 10.3. The van der Waals surface area contributed by atoms with Gasteiger partial charge in [-0.25, -0.2) is 14.8 Å². The van der Waals surface area contributed by atoms with E-state index in [0.29, 0.717) is 11.5 Å². The van der Waals surface area contributed by atoms with Crippen molar-refractivity contribution in [3.8, 4) is 11.3 Å². The lowest BCUT2D eigenvalue weighted by Gasteiger charge is -2.07. The van der Waals surface area contributed by atoms with E-state index in [-0.39, 0.29) is 5.56 Å². The molecule has 0 spiro atoms. The van der Waals surface area contributed by atoms with E-state index in [4.69, 9.17) is 5.11 Å². The Morgan fingerprint density at radius 3 is 2.61 bits per heavy atom. The molecule has 1 aromatic heterocycles. The first-order chi connectivity index (χ1) is 8.72. The van der Waals surface area contributed by atoms with Crippen LogP contribution in [0.4, 0.5) is 0 Å². The summed E-state index contributed by atoms with van der Waals surface area (Å²) >= 11 is 0. The minimum Gasteiger partial charge on any atom is -0.478 e. The zero-order valence-corrected chi connectivity index (χ0v) is 10.1. The van der Waals surface area contributed by atoms with Crippen molar-refractivity contribution in [1.82, 2.24) is 9.97 Å². The van der Waals surface area contributed by atoms with Gasteiger partial charge in [0.05, 0.1) is 5.69 Å². The quantitative estimate of drug-likeness (QED) is 0.895. The Balaban J connectivity index is 2.54. The van der Waals surface area contributed by atoms with Gasteiger partial charge in [0.1, 0.15) is 11.4 Å². The third kappa shape index (κ3) is 2.53. The average Bonchev–Trinajstić information content (AvgIpc) is 2.40. The Bertz CT molecular complexity index is 553. The van der Waals surface area contributed by atoms with Crippen LogP contribution in [0.15, 0.2) is 36.5 Å². The van der Waals surface area contributed by atoms with E-state index in [1.54, 1.807) is 0 Å². The predicted molar refractivity (Wildman–Crippen MR) is 68.4 cm³/mol. The molecule has 0 atom stereocenters. The van der Waals surface area contributed by atoms with Crippen LogP contribution in [-0.2, 0) is 6.42 Å². The van der Waals surface area contributed by atoms with Crippen LogP contribution in [0.1, 0.15) is 29.5 Å². The van der Waals surface area contributed by atoms with Crippen molar-refractivity contribution in [2.24, 2.45) is 0 Å². The van der Waals surface area contributed by atoms with Gasteiger partial charge in [-0.2, -0.15) is 0 Å². The number of aromatic carboxylic acids is 1. The van der Waals surface area contributed by atoms with Crippen LogP contribution in [0.25, 0.3) is 11.3 Å². The lowest BCUT2D eigenvalue weighted by Crippen LogP contribution is -2.06. The van der Waals surface area contributed by atoms with Gasteiger partial charge in [0, 0.05) is 18.2 Å². The van der Waals surface area contributed by atoms with Crippen molar-refractivity contribution in [2.75, 3.05) is 0 Å². The van der Waals surface area contributed by atoms with E-state index in [2.05, 4.69) is 9.97 Å². The molecule has 2 aromatic rings. The van der Waals surface area contributed by atoms with Crippen LogP contribution in [-0.4, -0.2) is 21.0 Å². The second-order valence-corrected chi connectivity index (χ2v) is 3.97. The van der Waals surface area contributed by atoms with Gasteiger partial charge in [-0.1, -0.05) is 37.3 Å². The van der Waals surface area contributed by atoms with Gasteiger partial charge >= 0.3 is 5.97 Å². The van der Waals surface area contributed by atoms with E-state index >= 15 is 0 Å². The molecule has 0 saturated carbocycles. The van der Waals surface area contributed by atoms with Crippen molar-refractivity contribution in [2.45, 2.75) is 19.8 Å². The minimum absolute atomic E-state index is 0.140. The number of aryl methyl sites for hydroxylation is 1. The second kappa shape index (κ2) is 5.40. The molecule has 0 fully saturated rings. The van der Waals surface area contributed by atoms with Gasteiger partial charge in [-0.05, 0) is 6.42 Å². The Morgan fingerprint density at radius 2 is 2.00 bits per heavy atom. The number of carboxylic acids is 1. The molecular formula is C14H14N2O2. The molecule has 0 amide bonds. The van der Waals surface area contributed by atoms with E-state index < -0.39 is 5.97 Å². The highest BCUT2D eigenvalue weighted by molar-refractivity contribution is 5.94. The summed E-state index contributed by atoms with van der Waals surface area (Å²) in [5, 5.41) is 9.17. The first-order valence-corrected chi connectivity index (χ1v) is 5.87. The first-order valence-electron chi connectivity index (χ1n) is 5.87. The van der Waals surface area contributed by atoms with Gasteiger partial charge in [0.2, 0.25) is 0 Å². The van der Waals surface area contributed by atoms with Gasteiger partial charge < -0.3 is 5.11 Å². The number of hydrogen-bond donors (Lipinski definition) is 1. The molecule has 0 aliphatic rings. The third-order valence-electron chi connectivity index (χ3n) is 2.59. The number of benzene rings is 1. The minimum atomic E-state index is -1.00. The molecular weight excluding hydrogens is 228 g/mol. The van der Waals surface area contributed by atoms with Gasteiger partial charge in [-0.3, -0.25) is 0 Å². The fraction of sp³-hybridized carbons (Fsp3) is 0.214. The standard InChI is InChI=1S/C14H14N2O2/c1-2-6-12-15-9-11(14(17)18)13(16-12)10-7-4-3-5-8-10/h3-5,7-9H,2,6H2,1H3,(H,17,18). The molecule has 0 bridgehead atoms. The van der Waals surface area contributed by atoms with Gasteiger partial charge in [0.15, 0.2) is 0 Å². The summed E-state index contributed by atoms with van der Waals surface area (Å²) < 4.78 is 0. The average molecular weight is 242 g/mol. The Kier molecular flexibility index (Phi) is 3.67. The number of hydrogen-bond acceptors (Lipinski definition) is 3. The molecule has 1 aromatic carbocycles. The van der Waals surface area contributed by atoms with Crippen LogP contribution in [0.2, 0.25) is 0 Å². The number of nitrogens with zero attached hydrogens (tertiary/aromatic N) is 2. The number of rotatable bonds is 4. The summed E-state index contributed by atoms with van der Waals surface area (Å²) in [7, 11) is 0. The molecule has 0 saturated heterocycles. The molecule has 0 unspecified atom stereocenters. The first kappa shape index (κ1) is 12.2. The highest BCUT2D eigenvalue weighted by Gasteiger charge is 2.14. The van der Waals surface area contributed by atoms with E-state index in [0.717, 1.165) is 18.4 Å². The highest BCUT2D eigenvalue weighted by Crippen LogP contribution is 2.21. The maximum Gasteiger partial charge on any atom is 0.339 e. The van der Waals surface area contributed by atoms with Crippen LogP contribution in [0.3, 0.4) is 0 Å². The Morgan fingerprint density at radius 1 is 1.28 bits per heavy atom. The summed E-state index contributed by atoms with van der Waals surface area (Å²) in [5.41, 5.74) is 1.43. The number of aromatic nitrogens is 2. The topological polar surface area (TPSA) is 63.1 Å². The maximum atomic E-state index is 11.2. The van der Waals surface area contributed by atoms with Crippen LogP contribution < -0.4 is 0 Å². The molecule has 4 nitrogen and oxygen atoms in total. The third-order valence-corrected chi connectivity index (χ3v) is 2.59. The summed E-state index contributed by atoms with van der Waals surface area (Å²) in [6.45, 7) is 2.04. The zero-order valence-electron chi connectivity index (χ0n) is 10.1. The molecule has 18 heavy (non-hydrogen) atoms. The monoisotopic (exact) mass is 242 g/mol. The fourth-order valence-electron chi connectivity index (χ4n) is 1.73. The summed E-state index contributed by atoms with van der Waals surface area (Å²) in [6.07, 6.45) is 3.07. The Labute approximate surface area is 105 Å². The molecule has 4 heteroatoms. The highest BCUT2D eigenvalue weighted by atomic mass is 16.4. The molecule has 92 valence electrons. The van der Waals surface area contributed by atoms with E-state index in [1.807, 2.05) is 37.3 Å². The van der Waals surface area contributed by atoms with Crippen molar-refractivity contribution in [3.05, 3.63) is 47.9 Å². The smallest absolute Gasteiger partial charge is 0.339 e. The number of carboxylic acid groups (broad SMARTS) is 1. The van der Waals surface area contributed by atoms with Crippen LogP contribution in [0, 0.1) is 0 Å². The Hall–Kier alpha value is -2.23. The molecule has 0 radical (unpaired) electrons. The van der Waals surface area contributed by atoms with Crippen LogP contribution >= 0.6 is 0 Å². The maximum absolute atomic E-state index is 11.2. The van der Waals surface area contributed by atoms with Gasteiger partial charge in [-0.15, -0.1) is 0 Å². The van der Waals surface area contributed by atoms with E-state index in [1.165, 1.54) is 6.20 Å². The fourth-order valence-corrected chi connectivity index (χ4v) is 1.73. The molecule has 1 N–H and O–H groups in total. The molecule has 0 aliphatic carbocycles. The number of carbonyl (C=O) groups is 1. The van der Waals surface area contributed by atoms with Crippen molar-refractivity contribution in [3.63, 3.8) is 0 Å². The van der Waals surface area contributed by atoms with E-state index in [9.17, 15) is 4.79 Å². The summed E-state index contributed by atoms with van der Waals surface area (Å²) in [5.74, 6) is -0.321. The lowest BCUT2D eigenvalue weighted by atomic mass is 10.1. The van der Waals surface area contributed by atoms with Crippen molar-refractivity contribution in [1.29, 1.82) is 0 Å². The second-order valence-electron chi connectivity index (χ2n) is 3.97. The van der Waals surface area contributed by atoms with Gasteiger partial charge in [0.25, 0.3) is 0 Å². The zero-order chi connectivity index (χ0) is 13.0. The van der Waals surface area contributed by atoms with Crippen molar-refractivity contribution < 1.29 is 9.90 Å². The van der Waals surface area contributed by atoms with Crippen LogP contribution in [0.5, 0.6) is 0 Å². The summed E-state index contributed by atoms with van der Waals surface area (Å²) in [6, 6.07) is 9.32. The largest absolute Gasteiger partial charge is 0.478 e.